The number of benzene rings is 2. The van der Waals surface area contributed by atoms with Crippen LogP contribution in [0.15, 0.2) is 36.4 Å². The van der Waals surface area contributed by atoms with Crippen LogP contribution in [0.2, 0.25) is 5.02 Å². The van der Waals surface area contributed by atoms with Crippen LogP contribution < -0.4 is 10.1 Å². The van der Waals surface area contributed by atoms with Crippen molar-refractivity contribution in [2.75, 3.05) is 12.4 Å². The summed E-state index contributed by atoms with van der Waals surface area (Å²) in [5.41, 5.74) is 2.65. The van der Waals surface area contributed by atoms with E-state index in [1.807, 2.05) is 19.1 Å². The molecule has 0 aliphatic carbocycles. The molecule has 0 fully saturated rings. The molecular formula is C15H15ClN2O3. The number of anilines is 1. The van der Waals surface area contributed by atoms with Crippen LogP contribution in [-0.4, -0.2) is 12.0 Å². The molecule has 110 valence electrons. The van der Waals surface area contributed by atoms with Crippen molar-refractivity contribution in [3.05, 3.63) is 62.7 Å². The third-order valence-electron chi connectivity index (χ3n) is 3.13. The molecule has 0 amide bonds. The van der Waals surface area contributed by atoms with Gasteiger partial charge in [-0.25, -0.2) is 0 Å². The van der Waals surface area contributed by atoms with Gasteiger partial charge < -0.3 is 10.1 Å². The molecule has 0 saturated heterocycles. The minimum atomic E-state index is -0.406. The third kappa shape index (κ3) is 3.64. The molecule has 6 heteroatoms. The minimum Gasteiger partial charge on any atom is -0.496 e. The number of hydrogen-bond acceptors (Lipinski definition) is 4. The van der Waals surface area contributed by atoms with Gasteiger partial charge in [-0.2, -0.15) is 0 Å². The fourth-order valence-electron chi connectivity index (χ4n) is 2.04. The van der Waals surface area contributed by atoms with Gasteiger partial charge in [0.2, 0.25) is 0 Å². The van der Waals surface area contributed by atoms with E-state index in [-0.39, 0.29) is 5.69 Å². The standard InChI is InChI=1S/C15H15ClN2O3/c1-10-7-13(18(19)20)4-5-14(10)17-9-11-8-12(16)3-6-15(11)21-2/h3-8,17H,9H2,1-2H3. The van der Waals surface area contributed by atoms with Crippen molar-refractivity contribution in [1.82, 2.24) is 0 Å². The van der Waals surface area contributed by atoms with E-state index >= 15 is 0 Å². The number of nitro groups is 1. The van der Waals surface area contributed by atoms with Gasteiger partial charge in [-0.05, 0) is 36.8 Å². The number of aryl methyl sites for hydroxylation is 1. The number of rotatable bonds is 5. The lowest BCUT2D eigenvalue weighted by Gasteiger charge is -2.12. The second kappa shape index (κ2) is 6.45. The van der Waals surface area contributed by atoms with Crippen LogP contribution in [0.5, 0.6) is 5.75 Å². The van der Waals surface area contributed by atoms with Gasteiger partial charge in [-0.3, -0.25) is 10.1 Å². The predicted octanol–water partition coefficient (Wildman–Crippen LogP) is 4.18. The highest BCUT2D eigenvalue weighted by Gasteiger charge is 2.09. The first-order valence-corrected chi connectivity index (χ1v) is 6.70. The third-order valence-corrected chi connectivity index (χ3v) is 3.37. The maximum Gasteiger partial charge on any atom is 0.269 e. The summed E-state index contributed by atoms with van der Waals surface area (Å²) in [7, 11) is 1.60. The Kier molecular flexibility index (Phi) is 4.65. The molecule has 0 heterocycles. The van der Waals surface area contributed by atoms with Crippen molar-refractivity contribution in [3.63, 3.8) is 0 Å². The fourth-order valence-corrected chi connectivity index (χ4v) is 2.23. The van der Waals surface area contributed by atoms with Gasteiger partial charge in [0.05, 0.1) is 12.0 Å². The highest BCUT2D eigenvalue weighted by Crippen LogP contribution is 2.25. The van der Waals surface area contributed by atoms with E-state index in [2.05, 4.69) is 5.32 Å². The van der Waals surface area contributed by atoms with Crippen LogP contribution in [0.3, 0.4) is 0 Å². The number of methoxy groups -OCH3 is 1. The van der Waals surface area contributed by atoms with E-state index in [1.165, 1.54) is 12.1 Å². The highest BCUT2D eigenvalue weighted by atomic mass is 35.5. The number of nitro benzene ring substituents is 1. The van der Waals surface area contributed by atoms with Crippen LogP contribution in [0.25, 0.3) is 0 Å². The van der Waals surface area contributed by atoms with Gasteiger partial charge in [-0.15, -0.1) is 0 Å². The van der Waals surface area contributed by atoms with Crippen molar-refractivity contribution in [2.45, 2.75) is 13.5 Å². The predicted molar refractivity (Wildman–Crippen MR) is 83.2 cm³/mol. The lowest BCUT2D eigenvalue weighted by Crippen LogP contribution is -2.03. The van der Waals surface area contributed by atoms with E-state index in [0.29, 0.717) is 11.6 Å². The molecule has 0 spiro atoms. The van der Waals surface area contributed by atoms with E-state index in [4.69, 9.17) is 16.3 Å². The minimum absolute atomic E-state index is 0.0818. The highest BCUT2D eigenvalue weighted by molar-refractivity contribution is 6.30. The molecule has 0 radical (unpaired) electrons. The molecule has 0 bridgehead atoms. The summed E-state index contributed by atoms with van der Waals surface area (Å²) < 4.78 is 5.28. The monoisotopic (exact) mass is 306 g/mol. The zero-order valence-corrected chi connectivity index (χ0v) is 12.5. The largest absolute Gasteiger partial charge is 0.496 e. The lowest BCUT2D eigenvalue weighted by molar-refractivity contribution is -0.384. The van der Waals surface area contributed by atoms with Crippen LogP contribution in [-0.2, 0) is 6.54 Å². The number of non-ortho nitro benzene ring substituents is 1. The Labute approximate surface area is 127 Å². The lowest BCUT2D eigenvalue weighted by atomic mass is 10.1. The number of nitrogens with zero attached hydrogens (tertiary/aromatic N) is 1. The summed E-state index contributed by atoms with van der Waals surface area (Å²) in [5, 5.41) is 14.6. The Hall–Kier alpha value is -2.27. The molecule has 0 aliphatic rings. The SMILES string of the molecule is COc1ccc(Cl)cc1CNc1ccc([N+](=O)[O-])cc1C. The molecule has 2 aromatic rings. The molecule has 21 heavy (non-hydrogen) atoms. The maximum atomic E-state index is 10.7. The summed E-state index contributed by atoms with van der Waals surface area (Å²) in [4.78, 5) is 10.3. The molecule has 5 nitrogen and oxygen atoms in total. The number of nitrogens with one attached hydrogen (secondary N) is 1. The summed E-state index contributed by atoms with van der Waals surface area (Å²) in [5.74, 6) is 0.742. The number of hydrogen-bond donors (Lipinski definition) is 1. The zero-order chi connectivity index (χ0) is 15.4. The molecule has 0 atom stereocenters. The summed E-state index contributed by atoms with van der Waals surface area (Å²) >= 11 is 5.98. The Bertz CT molecular complexity index is 674. The van der Waals surface area contributed by atoms with E-state index < -0.39 is 4.92 Å². The van der Waals surface area contributed by atoms with Gasteiger partial charge in [0, 0.05) is 35.0 Å². The first kappa shape index (κ1) is 15.1. The van der Waals surface area contributed by atoms with Gasteiger partial charge in [0.1, 0.15) is 5.75 Å². The summed E-state index contributed by atoms with van der Waals surface area (Å²) in [6.07, 6.45) is 0. The van der Waals surface area contributed by atoms with E-state index in [0.717, 1.165) is 22.6 Å². The van der Waals surface area contributed by atoms with Crippen molar-refractivity contribution >= 4 is 23.0 Å². The number of ether oxygens (including phenoxy) is 1. The topological polar surface area (TPSA) is 64.4 Å². The van der Waals surface area contributed by atoms with Crippen molar-refractivity contribution in [2.24, 2.45) is 0 Å². The van der Waals surface area contributed by atoms with E-state index in [1.54, 1.807) is 19.2 Å². The molecule has 1 N–H and O–H groups in total. The number of halogens is 1. The molecular weight excluding hydrogens is 292 g/mol. The maximum absolute atomic E-state index is 10.7. The van der Waals surface area contributed by atoms with Crippen LogP contribution in [0, 0.1) is 17.0 Å². The second-order valence-electron chi connectivity index (χ2n) is 4.57. The van der Waals surface area contributed by atoms with Crippen molar-refractivity contribution in [3.8, 4) is 5.75 Å². The van der Waals surface area contributed by atoms with Crippen molar-refractivity contribution < 1.29 is 9.66 Å². The van der Waals surface area contributed by atoms with Crippen molar-refractivity contribution in [1.29, 1.82) is 0 Å². The molecule has 0 aliphatic heterocycles. The van der Waals surface area contributed by atoms with Gasteiger partial charge in [0.25, 0.3) is 5.69 Å². The van der Waals surface area contributed by atoms with Gasteiger partial charge >= 0.3 is 0 Å². The Morgan fingerprint density at radius 3 is 2.67 bits per heavy atom. The van der Waals surface area contributed by atoms with E-state index in [9.17, 15) is 10.1 Å². The first-order valence-electron chi connectivity index (χ1n) is 6.32. The normalized spacial score (nSPS) is 10.2. The van der Waals surface area contributed by atoms with Gasteiger partial charge in [0.15, 0.2) is 0 Å². The summed E-state index contributed by atoms with van der Waals surface area (Å²) in [6, 6.07) is 10.1. The van der Waals surface area contributed by atoms with Crippen LogP contribution >= 0.6 is 11.6 Å². The van der Waals surface area contributed by atoms with Crippen LogP contribution in [0.4, 0.5) is 11.4 Å². The Balaban J connectivity index is 2.17. The molecule has 0 unspecified atom stereocenters. The second-order valence-corrected chi connectivity index (χ2v) is 5.00. The smallest absolute Gasteiger partial charge is 0.269 e. The van der Waals surface area contributed by atoms with Gasteiger partial charge in [-0.1, -0.05) is 11.6 Å². The molecule has 0 saturated carbocycles. The fraction of sp³-hybridized carbons (Fsp3) is 0.200. The molecule has 2 aromatic carbocycles. The average Bonchev–Trinajstić information content (AvgIpc) is 2.46. The average molecular weight is 307 g/mol. The Morgan fingerprint density at radius 1 is 1.29 bits per heavy atom. The van der Waals surface area contributed by atoms with Crippen LogP contribution in [0.1, 0.15) is 11.1 Å². The molecule has 0 aromatic heterocycles. The summed E-state index contributed by atoms with van der Waals surface area (Å²) in [6.45, 7) is 2.34. The quantitative estimate of drug-likeness (QED) is 0.665. The first-order chi connectivity index (χ1) is 10.0. The zero-order valence-electron chi connectivity index (χ0n) is 11.7. The Morgan fingerprint density at radius 2 is 2.05 bits per heavy atom. The molecule has 2 rings (SSSR count).